The molecule has 548 valence electrons. The smallest absolute Gasteiger partial charge is 0.463 e. The van der Waals surface area contributed by atoms with Gasteiger partial charge >= 0.3 is 25.7 Å². The van der Waals surface area contributed by atoms with Gasteiger partial charge in [-0.3, -0.25) is 23.4 Å². The molecule has 3 aliphatic rings. The van der Waals surface area contributed by atoms with Gasteiger partial charge in [0, 0.05) is 19.3 Å². The summed E-state index contributed by atoms with van der Waals surface area (Å²) in [7, 11) is -5.69. The zero-order valence-corrected chi connectivity index (χ0v) is 57.7. The Hall–Kier alpha value is -2.04. The highest BCUT2D eigenvalue weighted by molar-refractivity contribution is 7.47. The lowest BCUT2D eigenvalue weighted by Crippen LogP contribution is -2.69. The van der Waals surface area contributed by atoms with E-state index in [0.717, 1.165) is 89.9 Å². The fourth-order valence-corrected chi connectivity index (χ4v) is 13.1. The van der Waals surface area contributed by atoms with Gasteiger partial charge < -0.3 is 89.1 Å². The van der Waals surface area contributed by atoms with E-state index in [9.17, 15) is 74.9 Å². The second-order valence-corrected chi connectivity index (χ2v) is 27.7. The number of phosphoric acid groups is 1. The molecule has 0 radical (unpaired) electrons. The molecular formula is C68H127O24P. The minimum atomic E-state index is -5.69. The van der Waals surface area contributed by atoms with Crippen LogP contribution in [0.25, 0.3) is 0 Å². The van der Waals surface area contributed by atoms with Crippen LogP contribution in [-0.2, 0) is 61.2 Å². The third kappa shape index (κ3) is 35.0. The maximum atomic E-state index is 14.3. The first kappa shape index (κ1) is 85.2. The van der Waals surface area contributed by atoms with Crippen molar-refractivity contribution in [1.82, 2.24) is 0 Å². The highest BCUT2D eigenvalue weighted by Gasteiger charge is 2.58. The summed E-state index contributed by atoms with van der Waals surface area (Å²) in [5, 5.41) is 110. The van der Waals surface area contributed by atoms with E-state index in [-0.39, 0.29) is 19.3 Å². The number of aliphatic hydroxyl groups is 10. The Kier molecular flexibility index (Phi) is 46.9. The lowest BCUT2D eigenvalue weighted by molar-refractivity contribution is -0.360. The third-order valence-corrected chi connectivity index (χ3v) is 19.1. The van der Waals surface area contributed by atoms with E-state index in [0.29, 0.717) is 19.3 Å². The highest BCUT2D eigenvalue weighted by atomic mass is 31.2. The average molecular weight is 1360 g/mol. The predicted molar refractivity (Wildman–Crippen MR) is 347 cm³/mol. The first-order chi connectivity index (χ1) is 44.8. The standard InChI is InChI=1S/C68H127O24P/c1-4-7-10-13-16-19-22-25-26-29-31-33-36-39-42-52(70)84-46-49(87-54(72)44-41-38-35-32-28-24-21-18-15-12-9-6-3)47-86-93(82,83)92-66-64(90-67-62(80)57(75)55(73)50(45-69)88-67)60(78)59(77)61(79)65(66)91-68-63(81)58(76)56(74)51(89-68)48-85-53(71)43-40-37-34-30-27-23-20-17-14-11-8-5-2/h49-51,55-69,73-81H,4-48H2,1-3H3,(H,82,83). The van der Waals surface area contributed by atoms with E-state index in [4.69, 9.17) is 42.2 Å². The monoisotopic (exact) mass is 1360 g/mol. The Bertz CT molecular complexity index is 1940. The fraction of sp³-hybridized carbons (Fsp3) is 0.956. The molecule has 3 fully saturated rings. The molecule has 0 aromatic carbocycles. The molecule has 2 saturated heterocycles. The molecule has 93 heavy (non-hydrogen) atoms. The van der Waals surface area contributed by atoms with Crippen molar-refractivity contribution in [3.8, 4) is 0 Å². The zero-order chi connectivity index (χ0) is 68.2. The summed E-state index contributed by atoms with van der Waals surface area (Å²) in [6, 6.07) is 0. The van der Waals surface area contributed by atoms with Gasteiger partial charge in [-0.05, 0) is 19.3 Å². The van der Waals surface area contributed by atoms with E-state index < -0.39 is 156 Å². The van der Waals surface area contributed by atoms with Crippen LogP contribution in [0.4, 0.5) is 0 Å². The molecule has 24 nitrogen and oxygen atoms in total. The van der Waals surface area contributed by atoms with E-state index in [1.165, 1.54) is 135 Å². The van der Waals surface area contributed by atoms with E-state index in [1.54, 1.807) is 0 Å². The molecule has 11 N–H and O–H groups in total. The van der Waals surface area contributed by atoms with Crippen LogP contribution in [0, 0.1) is 0 Å². The molecule has 2 aliphatic heterocycles. The lowest BCUT2D eigenvalue weighted by atomic mass is 9.84. The van der Waals surface area contributed by atoms with E-state index >= 15 is 0 Å². The Morgan fingerprint density at radius 3 is 1.05 bits per heavy atom. The molecule has 0 spiro atoms. The van der Waals surface area contributed by atoms with Gasteiger partial charge in [-0.15, -0.1) is 0 Å². The number of carbonyl (C=O) groups excluding carboxylic acids is 3. The Morgan fingerprint density at radius 2 is 0.688 bits per heavy atom. The molecule has 25 heteroatoms. The quantitative estimate of drug-likeness (QED) is 0.0117. The first-order valence-electron chi connectivity index (χ1n) is 36.3. The maximum absolute atomic E-state index is 14.3. The zero-order valence-electron chi connectivity index (χ0n) is 56.8. The lowest BCUT2D eigenvalue weighted by Gasteiger charge is -2.49. The van der Waals surface area contributed by atoms with E-state index in [2.05, 4.69) is 20.8 Å². The summed E-state index contributed by atoms with van der Waals surface area (Å²) in [4.78, 5) is 50.8. The summed E-state index contributed by atoms with van der Waals surface area (Å²) in [5.74, 6) is -1.98. The van der Waals surface area contributed by atoms with Crippen LogP contribution in [-0.4, -0.2) is 204 Å². The number of ether oxygens (including phenoxy) is 7. The van der Waals surface area contributed by atoms with E-state index in [1.807, 2.05) is 0 Å². The predicted octanol–water partition coefficient (Wildman–Crippen LogP) is 9.01. The highest BCUT2D eigenvalue weighted by Crippen LogP contribution is 2.49. The van der Waals surface area contributed by atoms with Crippen molar-refractivity contribution in [1.29, 1.82) is 0 Å². The Morgan fingerprint density at radius 1 is 0.376 bits per heavy atom. The number of hydrogen-bond donors (Lipinski definition) is 11. The van der Waals surface area contributed by atoms with Crippen LogP contribution in [0.3, 0.4) is 0 Å². The second kappa shape index (κ2) is 51.2. The van der Waals surface area contributed by atoms with Crippen LogP contribution in [0.1, 0.15) is 284 Å². The van der Waals surface area contributed by atoms with Crippen molar-refractivity contribution < 1.29 is 117 Å². The number of phosphoric ester groups is 1. The van der Waals surface area contributed by atoms with Crippen LogP contribution < -0.4 is 0 Å². The van der Waals surface area contributed by atoms with Gasteiger partial charge in [0.1, 0.15) is 98.7 Å². The number of aliphatic hydroxyl groups excluding tert-OH is 10. The SMILES string of the molecule is CCCCCCCCCCCCCCCCC(=O)OCC(COP(=O)(O)OC1C(OC2OC(CO)C(O)C(O)C2O)C(O)C(O)C(O)C1OC1OC(COC(=O)CCCCCCCCCCCCCC)C(O)C(O)C1O)OC(=O)CCCCCCCCCCCCCC. The molecule has 18 atom stereocenters. The fourth-order valence-electron chi connectivity index (χ4n) is 12.2. The summed E-state index contributed by atoms with van der Waals surface area (Å²) in [5.41, 5.74) is 0. The molecule has 2 heterocycles. The van der Waals surface area contributed by atoms with Gasteiger partial charge in [0.15, 0.2) is 18.7 Å². The molecule has 1 aliphatic carbocycles. The summed E-state index contributed by atoms with van der Waals surface area (Å²) in [6.45, 7) is 3.43. The van der Waals surface area contributed by atoms with Crippen molar-refractivity contribution in [2.75, 3.05) is 26.4 Å². The van der Waals surface area contributed by atoms with Gasteiger partial charge in [-0.1, -0.05) is 245 Å². The Labute approximate surface area is 555 Å². The van der Waals surface area contributed by atoms with Gasteiger partial charge in [0.2, 0.25) is 0 Å². The molecule has 0 amide bonds. The van der Waals surface area contributed by atoms with Crippen LogP contribution in [0.5, 0.6) is 0 Å². The van der Waals surface area contributed by atoms with Crippen molar-refractivity contribution in [3.05, 3.63) is 0 Å². The molecule has 18 unspecified atom stereocenters. The molecule has 1 saturated carbocycles. The van der Waals surface area contributed by atoms with Crippen LogP contribution >= 0.6 is 7.82 Å². The minimum Gasteiger partial charge on any atom is -0.463 e. The van der Waals surface area contributed by atoms with Gasteiger partial charge in [0.05, 0.1) is 13.2 Å². The van der Waals surface area contributed by atoms with Crippen LogP contribution in [0.15, 0.2) is 0 Å². The van der Waals surface area contributed by atoms with Gasteiger partial charge in [-0.25, -0.2) is 4.57 Å². The third-order valence-electron chi connectivity index (χ3n) is 18.1. The topological polar surface area (TPSA) is 374 Å². The number of hydrogen-bond acceptors (Lipinski definition) is 23. The number of unbranched alkanes of at least 4 members (excludes halogenated alkanes) is 35. The average Bonchev–Trinajstić information content (AvgIpc) is 0.785. The molecule has 0 aromatic heterocycles. The number of esters is 3. The number of carbonyl (C=O) groups is 3. The first-order valence-corrected chi connectivity index (χ1v) is 37.8. The van der Waals surface area contributed by atoms with Crippen LogP contribution in [0.2, 0.25) is 0 Å². The maximum Gasteiger partial charge on any atom is 0.472 e. The van der Waals surface area contributed by atoms with Crippen molar-refractivity contribution in [3.63, 3.8) is 0 Å². The largest absolute Gasteiger partial charge is 0.472 e. The summed E-state index contributed by atoms with van der Waals surface area (Å²) >= 11 is 0. The summed E-state index contributed by atoms with van der Waals surface area (Å²) < 4.78 is 64.9. The molecule has 3 rings (SSSR count). The summed E-state index contributed by atoms with van der Waals surface area (Å²) in [6.07, 6.45) is 6.21. The van der Waals surface area contributed by atoms with Crippen molar-refractivity contribution in [2.24, 2.45) is 0 Å². The van der Waals surface area contributed by atoms with Gasteiger partial charge in [0.25, 0.3) is 0 Å². The minimum absolute atomic E-state index is 0.0331. The number of rotatable bonds is 56. The van der Waals surface area contributed by atoms with Crippen molar-refractivity contribution in [2.45, 2.75) is 388 Å². The molecular weight excluding hydrogens is 1230 g/mol. The molecule has 0 bridgehead atoms. The molecule has 0 aromatic rings. The van der Waals surface area contributed by atoms with Gasteiger partial charge in [-0.2, -0.15) is 0 Å². The second-order valence-electron chi connectivity index (χ2n) is 26.3. The Balaban J connectivity index is 1.75. The van der Waals surface area contributed by atoms with Crippen molar-refractivity contribution >= 4 is 25.7 Å². The normalized spacial score (nSPS) is 28.4.